The topological polar surface area (TPSA) is 227 Å². The highest BCUT2D eigenvalue weighted by Gasteiger charge is 2.37. The molecule has 7 rings (SSSR count). The lowest BCUT2D eigenvalue weighted by Gasteiger charge is -2.32. The average molecular weight is 1250 g/mol. The zero-order valence-electron chi connectivity index (χ0n) is 49.5. The Hall–Kier alpha value is -6.47. The number of carbonyl (C=O) groups excluding carboxylic acids is 4. The van der Waals surface area contributed by atoms with Crippen molar-refractivity contribution in [2.75, 3.05) is 130 Å². The number of hydrazone groups is 1. The average Bonchev–Trinajstić information content (AvgIpc) is 3.61. The van der Waals surface area contributed by atoms with Gasteiger partial charge in [0.15, 0.2) is 5.13 Å². The minimum absolute atomic E-state index is 0.0156. The summed E-state index contributed by atoms with van der Waals surface area (Å²) >= 11 is 4.73. The van der Waals surface area contributed by atoms with Crippen LogP contribution < -0.4 is 26.5 Å². The van der Waals surface area contributed by atoms with Gasteiger partial charge in [0.05, 0.1) is 70.6 Å². The molecular weight excluding hydrogens is 1170 g/mol. The molecule has 1 saturated heterocycles. The second-order valence-corrected chi connectivity index (χ2v) is 22.5. The van der Waals surface area contributed by atoms with Gasteiger partial charge in [-0.1, -0.05) is 82.7 Å². The van der Waals surface area contributed by atoms with E-state index >= 15 is 0 Å². The van der Waals surface area contributed by atoms with E-state index in [1.807, 2.05) is 61.5 Å². The summed E-state index contributed by atoms with van der Waals surface area (Å²) in [6.45, 7) is 10.7. The van der Waals surface area contributed by atoms with E-state index < -0.39 is 12.1 Å². The SMILES string of the molecule is CN(CCCCOCc1ccc(CCC(=O)N(C2CC2)C(C=O)c2ccc(Br)cc2)cc1)CCOCCOCC/C(C=NCCOCCOc1ccc(NC(=O)Nc2nc(CC(=O)N3CCN(C)CC3)cs2)cc1)=N/N.CNCc1ccccc1. The van der Waals surface area contributed by atoms with Crippen molar-refractivity contribution in [3.8, 4) is 5.75 Å². The van der Waals surface area contributed by atoms with E-state index in [1.54, 1.807) is 40.8 Å². The normalized spacial score (nSPS) is 14.0. The number of unbranched alkanes of at least 4 members (excludes halogenated alkanes) is 1. The zero-order chi connectivity index (χ0) is 60.3. The van der Waals surface area contributed by atoms with E-state index in [1.165, 1.54) is 16.9 Å². The molecule has 4 aromatic carbocycles. The third-order valence-corrected chi connectivity index (χ3v) is 15.3. The number of nitrogens with zero attached hydrogens (tertiary/aromatic N) is 7. The summed E-state index contributed by atoms with van der Waals surface area (Å²) in [5, 5.41) is 14.6. The van der Waals surface area contributed by atoms with Gasteiger partial charge in [-0.15, -0.1) is 11.3 Å². The molecule has 1 aliphatic heterocycles. The van der Waals surface area contributed by atoms with Crippen molar-refractivity contribution in [1.82, 2.24) is 29.9 Å². The van der Waals surface area contributed by atoms with Gasteiger partial charge in [0.1, 0.15) is 24.7 Å². The molecule has 2 aliphatic rings. The quantitative estimate of drug-likeness (QED) is 0.00966. The number of anilines is 2. The Labute approximate surface area is 514 Å². The first kappa shape index (κ1) is 67.7. The monoisotopic (exact) mass is 1250 g/mol. The summed E-state index contributed by atoms with van der Waals surface area (Å²) in [5.41, 5.74) is 6.22. The van der Waals surface area contributed by atoms with Gasteiger partial charge in [0.25, 0.3) is 0 Å². The number of piperazine rings is 1. The van der Waals surface area contributed by atoms with E-state index in [2.05, 4.69) is 100 Å². The molecule has 0 spiro atoms. The molecule has 2 fully saturated rings. The van der Waals surface area contributed by atoms with Gasteiger partial charge >= 0.3 is 6.03 Å². The highest BCUT2D eigenvalue weighted by atomic mass is 79.9. The predicted molar refractivity (Wildman–Crippen MR) is 340 cm³/mol. The molecule has 1 saturated carbocycles. The van der Waals surface area contributed by atoms with E-state index in [0.717, 1.165) is 85.9 Å². The van der Waals surface area contributed by atoms with Crippen molar-refractivity contribution in [2.24, 2.45) is 15.9 Å². The van der Waals surface area contributed by atoms with E-state index in [4.69, 9.17) is 29.5 Å². The van der Waals surface area contributed by atoms with Crippen molar-refractivity contribution in [3.63, 3.8) is 0 Å². The lowest BCUT2D eigenvalue weighted by Crippen LogP contribution is -2.47. The molecule has 5 N–H and O–H groups in total. The van der Waals surface area contributed by atoms with Gasteiger partial charge < -0.3 is 64.6 Å². The van der Waals surface area contributed by atoms with Crippen LogP contribution >= 0.6 is 27.3 Å². The van der Waals surface area contributed by atoms with E-state index in [-0.39, 0.29) is 24.3 Å². The number of thiazole rings is 1. The van der Waals surface area contributed by atoms with E-state index in [0.29, 0.717) is 126 Å². The maximum absolute atomic E-state index is 13.3. The number of aryl methyl sites for hydroxylation is 1. The number of likely N-dealkylation sites (N-methyl/N-ethyl adjacent to an activating group) is 2. The van der Waals surface area contributed by atoms with Crippen LogP contribution in [0.3, 0.4) is 0 Å². The third-order valence-electron chi connectivity index (χ3n) is 13.9. The summed E-state index contributed by atoms with van der Waals surface area (Å²) < 4.78 is 29.8. The van der Waals surface area contributed by atoms with Gasteiger partial charge in [-0.2, -0.15) is 5.10 Å². The first-order valence-electron chi connectivity index (χ1n) is 29.3. The van der Waals surface area contributed by atoms with Crippen LogP contribution in [-0.2, 0) is 59.3 Å². The largest absolute Gasteiger partial charge is 0.491 e. The lowest BCUT2D eigenvalue weighted by atomic mass is 10.0. The number of nitrogens with one attached hydrogen (secondary N) is 3. The molecule has 5 aromatic rings. The fourth-order valence-electron chi connectivity index (χ4n) is 8.92. The number of urea groups is 1. The van der Waals surface area contributed by atoms with Gasteiger partial charge in [-0.05, 0) is 118 Å². The number of ether oxygens (including phenoxy) is 5. The van der Waals surface area contributed by atoms with Crippen molar-refractivity contribution < 1.29 is 42.9 Å². The van der Waals surface area contributed by atoms with Crippen LogP contribution in [0.1, 0.15) is 72.5 Å². The maximum Gasteiger partial charge on any atom is 0.325 e. The Bertz CT molecular complexity index is 2770. The summed E-state index contributed by atoms with van der Waals surface area (Å²) in [5.74, 6) is 6.26. The van der Waals surface area contributed by atoms with Crippen molar-refractivity contribution >= 4 is 74.1 Å². The number of hydrogen-bond acceptors (Lipinski definition) is 17. The van der Waals surface area contributed by atoms with Crippen LogP contribution in [-0.4, -0.2) is 186 Å². The molecule has 1 atom stereocenters. The Balaban J connectivity index is 0.00000117. The Morgan fingerprint density at radius 2 is 1.49 bits per heavy atom. The number of aldehydes is 1. The first-order valence-corrected chi connectivity index (χ1v) is 30.9. The summed E-state index contributed by atoms with van der Waals surface area (Å²) in [6.07, 6.45) is 8.12. The fraction of sp³-hybridized carbons (Fsp3) is 0.476. The predicted octanol–water partition coefficient (Wildman–Crippen LogP) is 8.27. The molecule has 0 radical (unpaired) electrons. The molecule has 460 valence electrons. The summed E-state index contributed by atoms with van der Waals surface area (Å²) in [7, 11) is 6.09. The maximum atomic E-state index is 13.3. The molecule has 4 amide bonds. The second kappa shape index (κ2) is 39.3. The molecule has 0 bridgehead atoms. The van der Waals surface area contributed by atoms with Crippen molar-refractivity contribution in [3.05, 3.63) is 141 Å². The molecule has 22 heteroatoms. The number of amides is 4. The molecule has 1 aromatic heterocycles. The minimum Gasteiger partial charge on any atom is -0.491 e. The van der Waals surface area contributed by atoms with Gasteiger partial charge in [0.2, 0.25) is 11.8 Å². The van der Waals surface area contributed by atoms with Crippen molar-refractivity contribution in [2.45, 2.75) is 76.6 Å². The molecule has 1 aliphatic carbocycles. The first-order chi connectivity index (χ1) is 41.5. The van der Waals surface area contributed by atoms with Gasteiger partial charge in [-0.3, -0.25) is 19.9 Å². The number of carbonyl (C=O) groups is 4. The lowest BCUT2D eigenvalue weighted by molar-refractivity contribution is -0.137. The molecule has 1 unspecified atom stereocenters. The van der Waals surface area contributed by atoms with Crippen LogP contribution in [0.2, 0.25) is 0 Å². The fourth-order valence-corrected chi connectivity index (χ4v) is 9.89. The standard InChI is InChI=1S/C55H75BrN10O9S.C8H11N/c1-63(23-3-4-29-74-40-43-7-5-42(6-8-43)9-20-52(68)66(49-16-17-49)51(39-67)44-10-12-45(56)13-11-44)28-32-73-34-33-71-30-21-47(62-57)38-58-22-31-72-35-36-75-50-18-14-46(15-19-50)59-54(70)61-55-60-48(41-76-55)37-53(69)65-26-24-64(2)25-27-65;1-9-7-8-5-3-2-4-6-8/h5-8,10-15,18-19,38-39,41,49,51H,3-4,9,16-17,20-37,40,57H2,1-2H3,(H2,59,60,61,70);2-6,9H,7H2,1H3/b58-38?,62-47-;. The summed E-state index contributed by atoms with van der Waals surface area (Å²) in [6, 6.07) is 32.4. The number of benzene rings is 4. The zero-order valence-corrected chi connectivity index (χ0v) is 52.0. The minimum atomic E-state index is -0.558. The number of aromatic nitrogens is 1. The molecule has 85 heavy (non-hydrogen) atoms. The summed E-state index contributed by atoms with van der Waals surface area (Å²) in [4.78, 5) is 67.5. The third kappa shape index (κ3) is 26.8. The smallest absolute Gasteiger partial charge is 0.325 e. The number of halogens is 1. The Morgan fingerprint density at radius 3 is 2.20 bits per heavy atom. The van der Waals surface area contributed by atoms with E-state index in [9.17, 15) is 19.2 Å². The number of hydrogen-bond donors (Lipinski definition) is 4. The van der Waals surface area contributed by atoms with Crippen LogP contribution in [0.15, 0.2) is 123 Å². The highest BCUT2D eigenvalue weighted by Crippen LogP contribution is 2.35. The van der Waals surface area contributed by atoms with Crippen LogP contribution in [0.4, 0.5) is 15.6 Å². The van der Waals surface area contributed by atoms with Crippen LogP contribution in [0, 0.1) is 0 Å². The number of aliphatic imine (C=N–C) groups is 1. The molecular formula is C63H86BrN11O9S. The van der Waals surface area contributed by atoms with Crippen LogP contribution in [0.25, 0.3) is 0 Å². The number of rotatable bonds is 37. The number of nitrogens with two attached hydrogens (primary N) is 1. The Kier molecular flexibility index (Phi) is 31.3. The molecule has 20 nitrogen and oxygen atoms in total. The highest BCUT2D eigenvalue weighted by molar-refractivity contribution is 9.10. The van der Waals surface area contributed by atoms with Crippen molar-refractivity contribution in [1.29, 1.82) is 0 Å². The van der Waals surface area contributed by atoms with Gasteiger partial charge in [-0.25, -0.2) is 9.78 Å². The molecule has 2 heterocycles. The van der Waals surface area contributed by atoms with Crippen LogP contribution in [0.5, 0.6) is 5.75 Å². The second-order valence-electron chi connectivity index (χ2n) is 20.8. The van der Waals surface area contributed by atoms with Gasteiger partial charge in [0, 0.05) is 86.5 Å². The Morgan fingerprint density at radius 1 is 0.788 bits per heavy atom.